The molecular formula is C24H32N4O2. The Labute approximate surface area is 178 Å². The fourth-order valence-corrected chi connectivity index (χ4v) is 5.57. The Morgan fingerprint density at radius 3 is 2.67 bits per heavy atom. The first kappa shape index (κ1) is 19.6. The molecule has 2 atom stereocenters. The van der Waals surface area contributed by atoms with E-state index >= 15 is 0 Å². The molecule has 6 rings (SSSR count). The number of piperazine rings is 1. The second-order valence-electron chi connectivity index (χ2n) is 9.37. The normalized spacial score (nSPS) is 30.3. The number of aromatic amines is 1. The van der Waals surface area contributed by atoms with Crippen LogP contribution in [-0.4, -0.2) is 57.1 Å². The Morgan fingerprint density at radius 1 is 1.17 bits per heavy atom. The summed E-state index contributed by atoms with van der Waals surface area (Å²) in [4.78, 5) is 18.1. The minimum atomic E-state index is -0.0309. The Balaban J connectivity index is 0.000000937. The zero-order valence-electron chi connectivity index (χ0n) is 18.5. The summed E-state index contributed by atoms with van der Waals surface area (Å²) in [6.07, 6.45) is 12.0. The summed E-state index contributed by atoms with van der Waals surface area (Å²) in [7, 11) is 0. The Bertz CT molecular complexity index is 966. The van der Waals surface area contributed by atoms with Gasteiger partial charge in [-0.3, -0.25) is 14.8 Å². The van der Waals surface area contributed by atoms with E-state index in [2.05, 4.69) is 52.1 Å². The standard InChI is InChI=1S/C22H26N4O2.C2H6/c1-21(2)6-3-14-16(4-7-21)28-13-15-18(14)23-24-19(15)20(27)26-12-11-25-10-9-22(25)8-5-17(22)26;1-2/h3-4,6-7,17H,5,8-13H2,1-2H3,(H,23,24);1-2H3. The molecule has 160 valence electrons. The van der Waals surface area contributed by atoms with Crippen LogP contribution in [-0.2, 0) is 11.3 Å². The van der Waals surface area contributed by atoms with Crippen LogP contribution in [0.4, 0.5) is 0 Å². The van der Waals surface area contributed by atoms with Crippen molar-refractivity contribution in [2.45, 2.75) is 65.1 Å². The van der Waals surface area contributed by atoms with Crippen molar-refractivity contribution in [2.75, 3.05) is 19.6 Å². The Hall–Kier alpha value is -2.34. The van der Waals surface area contributed by atoms with Crippen molar-refractivity contribution in [3.8, 4) is 0 Å². The number of fused-ring (bicyclic) bond motifs is 2. The average molecular weight is 409 g/mol. The van der Waals surface area contributed by atoms with Crippen LogP contribution in [0.5, 0.6) is 0 Å². The van der Waals surface area contributed by atoms with Gasteiger partial charge in [0.1, 0.15) is 23.8 Å². The summed E-state index contributed by atoms with van der Waals surface area (Å²) < 4.78 is 6.03. The van der Waals surface area contributed by atoms with Crippen LogP contribution in [0.3, 0.4) is 0 Å². The number of ether oxygens (including phenoxy) is 1. The number of aromatic nitrogens is 2. The van der Waals surface area contributed by atoms with Gasteiger partial charge in [-0.1, -0.05) is 45.9 Å². The van der Waals surface area contributed by atoms with E-state index in [0.29, 0.717) is 18.3 Å². The largest absolute Gasteiger partial charge is 0.488 e. The van der Waals surface area contributed by atoms with E-state index in [0.717, 1.165) is 42.1 Å². The van der Waals surface area contributed by atoms with Gasteiger partial charge < -0.3 is 9.64 Å². The maximum Gasteiger partial charge on any atom is 0.272 e. The van der Waals surface area contributed by atoms with Crippen LogP contribution in [0.2, 0.25) is 0 Å². The Morgan fingerprint density at radius 2 is 1.97 bits per heavy atom. The molecule has 4 heterocycles. The molecule has 2 aliphatic carbocycles. The lowest BCUT2D eigenvalue weighted by Crippen LogP contribution is -2.79. The zero-order chi connectivity index (χ0) is 21.1. The number of hydrogen-bond donors (Lipinski definition) is 1. The van der Waals surface area contributed by atoms with E-state index in [1.165, 1.54) is 19.4 Å². The number of allylic oxidation sites excluding steroid dienone is 5. The van der Waals surface area contributed by atoms with E-state index in [4.69, 9.17) is 4.74 Å². The average Bonchev–Trinajstić information content (AvgIpc) is 3.06. The molecule has 0 bridgehead atoms. The van der Waals surface area contributed by atoms with Gasteiger partial charge in [-0.05, 0) is 25.3 Å². The van der Waals surface area contributed by atoms with Gasteiger partial charge in [-0.2, -0.15) is 5.10 Å². The number of hydrogen-bond acceptors (Lipinski definition) is 4. The first-order valence-corrected chi connectivity index (χ1v) is 11.4. The molecule has 2 unspecified atom stereocenters. The van der Waals surface area contributed by atoms with Crippen LogP contribution >= 0.6 is 0 Å². The SMILES string of the molecule is CC.CC1(C)C=CC2=C(C=C1)c1n[nH]c(C(=O)N3CCN4CCC45CCC35)c1CO2. The molecule has 1 N–H and O–H groups in total. The van der Waals surface area contributed by atoms with Gasteiger partial charge in [0.15, 0.2) is 0 Å². The molecule has 0 radical (unpaired) electrons. The van der Waals surface area contributed by atoms with Crippen LogP contribution in [0.15, 0.2) is 30.1 Å². The highest BCUT2D eigenvalue weighted by Crippen LogP contribution is 2.52. The lowest BCUT2D eigenvalue weighted by Gasteiger charge is -2.68. The van der Waals surface area contributed by atoms with Crippen LogP contribution < -0.4 is 0 Å². The molecule has 1 saturated carbocycles. The van der Waals surface area contributed by atoms with Crippen molar-refractivity contribution >= 4 is 11.5 Å². The number of amides is 1. The van der Waals surface area contributed by atoms with Gasteiger partial charge in [-0.25, -0.2) is 0 Å². The third kappa shape index (κ3) is 2.66. The monoisotopic (exact) mass is 408 g/mol. The predicted octanol–water partition coefficient (Wildman–Crippen LogP) is 3.89. The summed E-state index contributed by atoms with van der Waals surface area (Å²) in [5, 5.41) is 7.61. The predicted molar refractivity (Wildman–Crippen MR) is 117 cm³/mol. The first-order chi connectivity index (χ1) is 14.5. The molecule has 1 spiro atoms. The highest BCUT2D eigenvalue weighted by atomic mass is 16.5. The van der Waals surface area contributed by atoms with E-state index in [1.807, 2.05) is 19.9 Å². The highest BCUT2D eigenvalue weighted by molar-refractivity contribution is 5.96. The Kier molecular flexibility index (Phi) is 4.47. The molecule has 1 aromatic rings. The topological polar surface area (TPSA) is 61.5 Å². The molecule has 3 fully saturated rings. The summed E-state index contributed by atoms with van der Waals surface area (Å²) in [5.41, 5.74) is 3.57. The van der Waals surface area contributed by atoms with E-state index < -0.39 is 0 Å². The second-order valence-corrected chi connectivity index (χ2v) is 9.37. The smallest absolute Gasteiger partial charge is 0.272 e. The third-order valence-corrected chi connectivity index (χ3v) is 7.48. The fourth-order valence-electron chi connectivity index (χ4n) is 5.57. The number of nitrogens with one attached hydrogen (secondary N) is 1. The minimum Gasteiger partial charge on any atom is -0.488 e. The van der Waals surface area contributed by atoms with Gasteiger partial charge in [0.2, 0.25) is 0 Å². The fraction of sp³-hybridized carbons (Fsp3) is 0.583. The van der Waals surface area contributed by atoms with Crippen molar-refractivity contribution in [2.24, 2.45) is 5.41 Å². The quantitative estimate of drug-likeness (QED) is 0.766. The maximum absolute atomic E-state index is 13.5. The van der Waals surface area contributed by atoms with Crippen molar-refractivity contribution in [3.63, 3.8) is 0 Å². The van der Waals surface area contributed by atoms with Gasteiger partial charge in [0, 0.05) is 41.7 Å². The first-order valence-electron chi connectivity index (χ1n) is 11.4. The van der Waals surface area contributed by atoms with Crippen molar-refractivity contribution in [1.29, 1.82) is 0 Å². The minimum absolute atomic E-state index is 0.0309. The van der Waals surface area contributed by atoms with Gasteiger partial charge in [0.05, 0.1) is 6.04 Å². The maximum atomic E-state index is 13.5. The van der Waals surface area contributed by atoms with E-state index in [1.54, 1.807) is 0 Å². The molecule has 3 aliphatic heterocycles. The van der Waals surface area contributed by atoms with Crippen molar-refractivity contribution in [1.82, 2.24) is 20.0 Å². The molecule has 2 saturated heterocycles. The molecule has 0 aromatic carbocycles. The lowest BCUT2D eigenvalue weighted by molar-refractivity contribution is -0.161. The molecule has 30 heavy (non-hydrogen) atoms. The van der Waals surface area contributed by atoms with E-state index in [9.17, 15) is 4.79 Å². The third-order valence-electron chi connectivity index (χ3n) is 7.48. The number of rotatable bonds is 1. The molecular weight excluding hydrogens is 376 g/mol. The van der Waals surface area contributed by atoms with Crippen LogP contribution in [0.1, 0.15) is 68.7 Å². The van der Waals surface area contributed by atoms with Gasteiger partial charge in [0.25, 0.3) is 5.91 Å². The molecule has 6 heteroatoms. The summed E-state index contributed by atoms with van der Waals surface area (Å²) in [6.45, 7) is 11.7. The van der Waals surface area contributed by atoms with Gasteiger partial charge >= 0.3 is 0 Å². The zero-order valence-corrected chi connectivity index (χ0v) is 18.5. The number of carbonyl (C=O) groups excluding carboxylic acids is 1. The van der Waals surface area contributed by atoms with Crippen molar-refractivity contribution < 1.29 is 9.53 Å². The highest BCUT2D eigenvalue weighted by Gasteiger charge is 2.61. The molecule has 6 nitrogen and oxygen atoms in total. The van der Waals surface area contributed by atoms with E-state index in [-0.39, 0.29) is 16.9 Å². The number of carbonyl (C=O) groups is 1. The molecule has 5 aliphatic rings. The molecule has 1 aromatic heterocycles. The second kappa shape index (κ2) is 6.84. The summed E-state index contributed by atoms with van der Waals surface area (Å²) in [5.74, 6) is 0.923. The van der Waals surface area contributed by atoms with Crippen LogP contribution in [0, 0.1) is 5.41 Å². The molecule has 1 amide bonds. The van der Waals surface area contributed by atoms with Crippen LogP contribution in [0.25, 0.3) is 5.57 Å². The number of nitrogens with zero attached hydrogens (tertiary/aromatic N) is 3. The summed E-state index contributed by atoms with van der Waals surface area (Å²) in [6, 6.07) is 0.363. The van der Waals surface area contributed by atoms with Crippen molar-refractivity contribution in [3.05, 3.63) is 47.0 Å². The number of H-pyrrole nitrogens is 1. The lowest BCUT2D eigenvalue weighted by atomic mass is 9.61. The van der Waals surface area contributed by atoms with Gasteiger partial charge in [-0.15, -0.1) is 0 Å². The summed E-state index contributed by atoms with van der Waals surface area (Å²) >= 11 is 0.